The summed E-state index contributed by atoms with van der Waals surface area (Å²) in [5.41, 5.74) is -0.783. The molecule has 0 spiro atoms. The number of amides is 2. The van der Waals surface area contributed by atoms with Crippen molar-refractivity contribution in [1.29, 1.82) is 0 Å². The van der Waals surface area contributed by atoms with Gasteiger partial charge in [-0.05, 0) is 27.7 Å². The number of carbonyl (C=O) groups is 3. The van der Waals surface area contributed by atoms with Gasteiger partial charge in [-0.15, -0.1) is 0 Å². The Morgan fingerprint density at radius 1 is 1.16 bits per heavy atom. The van der Waals surface area contributed by atoms with Gasteiger partial charge in [0.15, 0.2) is 0 Å². The van der Waals surface area contributed by atoms with Crippen molar-refractivity contribution in [3.05, 3.63) is 11.1 Å². The molecule has 1 aliphatic heterocycles. The minimum absolute atomic E-state index is 0.00665. The van der Waals surface area contributed by atoms with Crippen molar-refractivity contribution in [2.45, 2.75) is 33.2 Å². The van der Waals surface area contributed by atoms with Gasteiger partial charge < -0.3 is 14.9 Å². The Balaban J connectivity index is 3.10. The highest BCUT2D eigenvalue weighted by molar-refractivity contribution is 6.04. The number of rotatable bonds is 2. The van der Waals surface area contributed by atoms with E-state index >= 15 is 0 Å². The van der Waals surface area contributed by atoms with E-state index < -0.39 is 17.4 Å². The molecule has 1 saturated heterocycles. The summed E-state index contributed by atoms with van der Waals surface area (Å²) in [6.07, 6.45) is 0. The number of carbonyl (C=O) groups excluding carboxylic acids is 2. The van der Waals surface area contributed by atoms with Gasteiger partial charge in [-0.25, -0.2) is 4.79 Å². The van der Waals surface area contributed by atoms with Crippen molar-refractivity contribution in [3.8, 4) is 0 Å². The fourth-order valence-electron chi connectivity index (χ4n) is 2.09. The molecule has 19 heavy (non-hydrogen) atoms. The van der Waals surface area contributed by atoms with Gasteiger partial charge in [0.05, 0.1) is 0 Å². The van der Waals surface area contributed by atoms with E-state index in [1.165, 1.54) is 18.7 Å². The Kier molecular flexibility index (Phi) is 4.03. The highest BCUT2D eigenvalue weighted by Gasteiger charge is 2.43. The minimum Gasteiger partial charge on any atom is -0.478 e. The Hall–Kier alpha value is -1.85. The first-order valence-electron chi connectivity index (χ1n) is 6.09. The molecular weight excluding hydrogens is 248 g/mol. The maximum atomic E-state index is 12.3. The van der Waals surface area contributed by atoms with Crippen molar-refractivity contribution >= 4 is 17.8 Å². The average Bonchev–Trinajstić information content (AvgIpc) is 2.33. The van der Waals surface area contributed by atoms with Gasteiger partial charge >= 0.3 is 5.97 Å². The lowest BCUT2D eigenvalue weighted by molar-refractivity contribution is -0.155. The zero-order valence-electron chi connectivity index (χ0n) is 12.0. The van der Waals surface area contributed by atoms with Crippen molar-refractivity contribution in [1.82, 2.24) is 9.80 Å². The molecule has 0 atom stereocenters. The van der Waals surface area contributed by atoms with Crippen LogP contribution >= 0.6 is 0 Å². The van der Waals surface area contributed by atoms with Crippen molar-refractivity contribution in [2.24, 2.45) is 0 Å². The molecule has 0 bridgehead atoms. The predicted octanol–water partition coefficient (Wildman–Crippen LogP) is 0.487. The van der Waals surface area contributed by atoms with E-state index in [1.807, 2.05) is 0 Å². The van der Waals surface area contributed by atoms with Gasteiger partial charge in [-0.3, -0.25) is 9.59 Å². The third-order valence-electron chi connectivity index (χ3n) is 3.65. The summed E-state index contributed by atoms with van der Waals surface area (Å²) in [6, 6.07) is 0. The van der Waals surface area contributed by atoms with Crippen LogP contribution in [0.5, 0.6) is 0 Å². The summed E-state index contributed by atoms with van der Waals surface area (Å²) >= 11 is 0. The van der Waals surface area contributed by atoms with Crippen LogP contribution in [-0.4, -0.2) is 58.4 Å². The van der Waals surface area contributed by atoms with Crippen LogP contribution in [0.4, 0.5) is 0 Å². The van der Waals surface area contributed by atoms with E-state index in [0.29, 0.717) is 13.1 Å². The molecule has 2 amide bonds. The van der Waals surface area contributed by atoms with Crippen LogP contribution in [0.3, 0.4) is 0 Å². The van der Waals surface area contributed by atoms with Crippen LogP contribution in [0.15, 0.2) is 11.1 Å². The molecule has 0 saturated carbocycles. The molecule has 6 heteroatoms. The van der Waals surface area contributed by atoms with Crippen molar-refractivity contribution in [2.75, 3.05) is 20.1 Å². The van der Waals surface area contributed by atoms with Crippen LogP contribution < -0.4 is 0 Å². The van der Waals surface area contributed by atoms with Gasteiger partial charge in [0.2, 0.25) is 5.91 Å². The highest BCUT2D eigenvalue weighted by Crippen LogP contribution is 2.24. The molecule has 1 rings (SSSR count). The SMILES string of the molecule is CC(C(=O)O)=C(C)C(=O)N1CCN(C)C(=O)C1(C)C. The van der Waals surface area contributed by atoms with Crippen LogP contribution in [-0.2, 0) is 14.4 Å². The molecule has 0 aromatic heterocycles. The van der Waals surface area contributed by atoms with Crippen LogP contribution in [0, 0.1) is 0 Å². The average molecular weight is 268 g/mol. The molecular formula is C13H20N2O4. The van der Waals surface area contributed by atoms with E-state index in [4.69, 9.17) is 5.11 Å². The van der Waals surface area contributed by atoms with E-state index in [2.05, 4.69) is 0 Å². The minimum atomic E-state index is -1.12. The maximum Gasteiger partial charge on any atom is 0.331 e. The Labute approximate surface area is 112 Å². The molecule has 0 radical (unpaired) electrons. The zero-order valence-corrected chi connectivity index (χ0v) is 12.0. The first-order chi connectivity index (χ1) is 8.60. The summed E-state index contributed by atoms with van der Waals surface area (Å²) < 4.78 is 0. The monoisotopic (exact) mass is 268 g/mol. The third kappa shape index (κ3) is 2.62. The summed E-state index contributed by atoms with van der Waals surface area (Å²) in [6.45, 7) is 7.06. The zero-order chi connectivity index (χ0) is 15.0. The molecule has 0 unspecified atom stereocenters. The third-order valence-corrected chi connectivity index (χ3v) is 3.65. The summed E-state index contributed by atoms with van der Waals surface area (Å²) in [5.74, 6) is -1.66. The van der Waals surface area contributed by atoms with Gasteiger partial charge in [0.25, 0.3) is 5.91 Å². The maximum absolute atomic E-state index is 12.3. The second kappa shape index (κ2) is 5.03. The van der Waals surface area contributed by atoms with Crippen LogP contribution in [0.2, 0.25) is 0 Å². The van der Waals surface area contributed by atoms with E-state index in [1.54, 1.807) is 25.8 Å². The van der Waals surface area contributed by atoms with E-state index in [0.717, 1.165) is 0 Å². The van der Waals surface area contributed by atoms with Gasteiger partial charge in [0, 0.05) is 31.3 Å². The second-order valence-corrected chi connectivity index (χ2v) is 5.30. The van der Waals surface area contributed by atoms with Gasteiger partial charge in [-0.1, -0.05) is 0 Å². The number of piperazine rings is 1. The lowest BCUT2D eigenvalue weighted by atomic mass is 9.96. The predicted molar refractivity (Wildman–Crippen MR) is 69.4 cm³/mol. The number of aliphatic carboxylic acids is 1. The summed E-state index contributed by atoms with van der Waals surface area (Å²) in [4.78, 5) is 38.4. The lowest BCUT2D eigenvalue weighted by Gasteiger charge is -2.44. The smallest absolute Gasteiger partial charge is 0.331 e. The second-order valence-electron chi connectivity index (χ2n) is 5.30. The van der Waals surface area contributed by atoms with Crippen LogP contribution in [0.1, 0.15) is 27.7 Å². The molecule has 0 aliphatic carbocycles. The lowest BCUT2D eigenvalue weighted by Crippen LogP contribution is -2.63. The fraction of sp³-hybridized carbons (Fsp3) is 0.615. The Morgan fingerprint density at radius 2 is 1.68 bits per heavy atom. The molecule has 106 valence electrons. The molecule has 0 aromatic carbocycles. The quantitative estimate of drug-likeness (QED) is 0.739. The van der Waals surface area contributed by atoms with Crippen molar-refractivity contribution in [3.63, 3.8) is 0 Å². The molecule has 1 heterocycles. The van der Waals surface area contributed by atoms with Gasteiger partial charge in [-0.2, -0.15) is 0 Å². The summed E-state index contributed by atoms with van der Waals surface area (Å²) in [5, 5.41) is 8.92. The van der Waals surface area contributed by atoms with E-state index in [9.17, 15) is 14.4 Å². The van der Waals surface area contributed by atoms with Crippen molar-refractivity contribution < 1.29 is 19.5 Å². The first-order valence-corrected chi connectivity index (χ1v) is 6.09. The molecule has 1 N–H and O–H groups in total. The molecule has 1 fully saturated rings. The number of carboxylic acid groups (broad SMARTS) is 1. The Bertz CT molecular complexity index is 465. The normalized spacial score (nSPS) is 20.2. The number of likely N-dealkylation sites (N-methyl/N-ethyl adjacent to an activating group) is 1. The highest BCUT2D eigenvalue weighted by atomic mass is 16.4. The van der Waals surface area contributed by atoms with Crippen LogP contribution in [0.25, 0.3) is 0 Å². The van der Waals surface area contributed by atoms with E-state index in [-0.39, 0.29) is 17.1 Å². The Morgan fingerprint density at radius 3 is 2.16 bits per heavy atom. The number of hydrogen-bond acceptors (Lipinski definition) is 3. The molecule has 0 aromatic rings. The fourth-order valence-corrected chi connectivity index (χ4v) is 2.09. The summed E-state index contributed by atoms with van der Waals surface area (Å²) in [7, 11) is 1.69. The van der Waals surface area contributed by atoms with Gasteiger partial charge in [0.1, 0.15) is 5.54 Å². The number of nitrogens with zero attached hydrogens (tertiary/aromatic N) is 2. The molecule has 6 nitrogen and oxygen atoms in total. The standard InChI is InChI=1S/C13H20N2O4/c1-8(9(2)11(17)18)10(16)15-7-6-14(5)12(19)13(15,3)4/h6-7H2,1-5H3,(H,17,18). The first kappa shape index (κ1) is 15.2. The number of hydrogen-bond donors (Lipinski definition) is 1. The molecule has 1 aliphatic rings. The largest absolute Gasteiger partial charge is 0.478 e. The topological polar surface area (TPSA) is 77.9 Å². The number of carboxylic acids is 1.